The lowest BCUT2D eigenvalue weighted by atomic mass is 10.1. The summed E-state index contributed by atoms with van der Waals surface area (Å²) in [6.45, 7) is 1.54. The molecule has 0 saturated carbocycles. The Morgan fingerprint density at radius 1 is 1.56 bits per heavy atom. The number of hydrogen-bond acceptors (Lipinski definition) is 5. The van der Waals surface area contributed by atoms with Crippen molar-refractivity contribution in [3.8, 4) is 0 Å². The predicted octanol–water partition coefficient (Wildman–Crippen LogP) is -0.957. The van der Waals surface area contributed by atoms with Crippen LogP contribution in [0.1, 0.15) is 10.4 Å². The van der Waals surface area contributed by atoms with Gasteiger partial charge in [0.25, 0.3) is 0 Å². The monoisotopic (exact) mass is 250 g/mol. The van der Waals surface area contributed by atoms with E-state index in [1.807, 2.05) is 0 Å². The van der Waals surface area contributed by atoms with Crippen molar-refractivity contribution >= 4 is 17.7 Å². The van der Waals surface area contributed by atoms with Gasteiger partial charge in [0, 0.05) is 31.4 Å². The van der Waals surface area contributed by atoms with Gasteiger partial charge in [-0.25, -0.2) is 9.78 Å². The Kier molecular flexibility index (Phi) is 3.42. The molecule has 0 aromatic carbocycles. The number of rotatable bonds is 3. The number of piperazine rings is 1. The van der Waals surface area contributed by atoms with Crippen LogP contribution in [-0.2, 0) is 4.79 Å². The molecule has 1 atom stereocenters. The van der Waals surface area contributed by atoms with Crippen molar-refractivity contribution in [3.63, 3.8) is 0 Å². The van der Waals surface area contributed by atoms with Gasteiger partial charge in [-0.15, -0.1) is 0 Å². The molecule has 0 bridgehead atoms. The molecule has 2 heterocycles. The van der Waals surface area contributed by atoms with Gasteiger partial charge in [-0.05, 0) is 12.1 Å². The van der Waals surface area contributed by atoms with Gasteiger partial charge in [-0.3, -0.25) is 4.79 Å². The molecule has 0 spiro atoms. The molecule has 2 rings (SSSR count). The van der Waals surface area contributed by atoms with Crippen LogP contribution in [-0.4, -0.2) is 47.6 Å². The van der Waals surface area contributed by atoms with Gasteiger partial charge in [0.05, 0.1) is 0 Å². The highest BCUT2D eigenvalue weighted by molar-refractivity contribution is 5.93. The van der Waals surface area contributed by atoms with Gasteiger partial charge < -0.3 is 21.1 Å². The van der Waals surface area contributed by atoms with Crippen LogP contribution < -0.4 is 16.0 Å². The van der Waals surface area contributed by atoms with Crippen LogP contribution in [0, 0.1) is 0 Å². The van der Waals surface area contributed by atoms with E-state index in [9.17, 15) is 9.59 Å². The maximum atomic E-state index is 11.2. The molecule has 1 saturated heterocycles. The molecule has 96 valence electrons. The van der Waals surface area contributed by atoms with E-state index in [1.165, 1.54) is 18.3 Å². The average Bonchev–Trinajstić information content (AvgIpc) is 2.39. The fourth-order valence-corrected chi connectivity index (χ4v) is 1.93. The van der Waals surface area contributed by atoms with E-state index in [0.29, 0.717) is 31.0 Å². The van der Waals surface area contributed by atoms with Crippen LogP contribution in [0.4, 0.5) is 5.82 Å². The van der Waals surface area contributed by atoms with E-state index < -0.39 is 17.9 Å². The molecule has 1 unspecified atom stereocenters. The summed E-state index contributed by atoms with van der Waals surface area (Å²) >= 11 is 0. The Hall–Kier alpha value is -2.15. The van der Waals surface area contributed by atoms with Crippen LogP contribution in [0.5, 0.6) is 0 Å². The highest BCUT2D eigenvalue weighted by Crippen LogP contribution is 2.17. The largest absolute Gasteiger partial charge is 0.480 e. The average molecular weight is 250 g/mol. The van der Waals surface area contributed by atoms with Gasteiger partial charge in [-0.2, -0.15) is 0 Å². The molecule has 1 aliphatic heterocycles. The lowest BCUT2D eigenvalue weighted by Gasteiger charge is -2.34. The molecule has 7 nitrogen and oxygen atoms in total. The van der Waals surface area contributed by atoms with Crippen LogP contribution >= 0.6 is 0 Å². The fourth-order valence-electron chi connectivity index (χ4n) is 1.93. The number of nitrogens with one attached hydrogen (secondary N) is 1. The third kappa shape index (κ3) is 2.40. The zero-order chi connectivity index (χ0) is 13.1. The Morgan fingerprint density at radius 3 is 3.00 bits per heavy atom. The first kappa shape index (κ1) is 12.3. The Bertz CT molecular complexity index is 477. The van der Waals surface area contributed by atoms with Crippen molar-refractivity contribution in [2.75, 3.05) is 24.5 Å². The van der Waals surface area contributed by atoms with Gasteiger partial charge in [0.2, 0.25) is 5.91 Å². The van der Waals surface area contributed by atoms with Crippen LogP contribution in [0.15, 0.2) is 18.3 Å². The number of carbonyl (C=O) groups is 2. The first-order valence-electron chi connectivity index (χ1n) is 5.55. The van der Waals surface area contributed by atoms with Crippen molar-refractivity contribution in [1.29, 1.82) is 0 Å². The van der Waals surface area contributed by atoms with Gasteiger partial charge in [-0.1, -0.05) is 0 Å². The standard InChI is InChI=1S/C11H14N4O3/c12-10(16)7-1-2-14-9(5-7)15-4-3-13-6-8(15)11(17)18/h1-2,5,8,13H,3-4,6H2,(H2,12,16)(H,17,18). The second-order valence-electron chi connectivity index (χ2n) is 4.02. The van der Waals surface area contributed by atoms with E-state index in [1.54, 1.807) is 4.90 Å². The maximum absolute atomic E-state index is 11.2. The number of carbonyl (C=O) groups excluding carboxylic acids is 1. The van der Waals surface area contributed by atoms with Crippen LogP contribution in [0.3, 0.4) is 0 Å². The lowest BCUT2D eigenvalue weighted by Crippen LogP contribution is -2.55. The molecule has 0 aliphatic carbocycles. The summed E-state index contributed by atoms with van der Waals surface area (Å²) in [7, 11) is 0. The summed E-state index contributed by atoms with van der Waals surface area (Å²) in [5.41, 5.74) is 5.51. The number of aliphatic carboxylic acids is 1. The van der Waals surface area contributed by atoms with Crippen molar-refractivity contribution < 1.29 is 14.7 Å². The van der Waals surface area contributed by atoms with Crippen molar-refractivity contribution in [2.45, 2.75) is 6.04 Å². The Morgan fingerprint density at radius 2 is 2.33 bits per heavy atom. The van der Waals surface area contributed by atoms with E-state index in [4.69, 9.17) is 10.8 Å². The van der Waals surface area contributed by atoms with E-state index in [0.717, 1.165) is 0 Å². The fraction of sp³-hybridized carbons (Fsp3) is 0.364. The minimum Gasteiger partial charge on any atom is -0.480 e. The van der Waals surface area contributed by atoms with E-state index in [2.05, 4.69) is 10.3 Å². The van der Waals surface area contributed by atoms with Crippen molar-refractivity contribution in [1.82, 2.24) is 10.3 Å². The van der Waals surface area contributed by atoms with Gasteiger partial charge in [0.1, 0.15) is 11.9 Å². The number of amides is 1. The number of nitrogens with two attached hydrogens (primary N) is 1. The zero-order valence-electron chi connectivity index (χ0n) is 9.67. The molecular weight excluding hydrogens is 236 g/mol. The minimum absolute atomic E-state index is 0.322. The normalized spacial score (nSPS) is 19.6. The summed E-state index contributed by atoms with van der Waals surface area (Å²) < 4.78 is 0. The lowest BCUT2D eigenvalue weighted by molar-refractivity contribution is -0.138. The summed E-state index contributed by atoms with van der Waals surface area (Å²) in [6, 6.07) is 2.34. The predicted molar refractivity (Wildman–Crippen MR) is 64.4 cm³/mol. The van der Waals surface area contributed by atoms with E-state index in [-0.39, 0.29) is 0 Å². The number of hydrogen-bond donors (Lipinski definition) is 3. The number of carboxylic acids is 1. The summed E-state index contributed by atoms with van der Waals surface area (Å²) in [5, 5.41) is 12.2. The van der Waals surface area contributed by atoms with Crippen LogP contribution in [0.25, 0.3) is 0 Å². The highest BCUT2D eigenvalue weighted by Gasteiger charge is 2.29. The van der Waals surface area contributed by atoms with Gasteiger partial charge >= 0.3 is 5.97 Å². The van der Waals surface area contributed by atoms with Crippen LogP contribution in [0.2, 0.25) is 0 Å². The molecule has 1 aliphatic rings. The zero-order valence-corrected chi connectivity index (χ0v) is 9.67. The first-order chi connectivity index (χ1) is 8.59. The topological polar surface area (TPSA) is 109 Å². The summed E-state index contributed by atoms with van der Waals surface area (Å²) in [4.78, 5) is 28.0. The maximum Gasteiger partial charge on any atom is 0.327 e. The number of pyridine rings is 1. The minimum atomic E-state index is -0.923. The molecule has 4 N–H and O–H groups in total. The smallest absolute Gasteiger partial charge is 0.327 e. The number of nitrogens with zero attached hydrogens (tertiary/aromatic N) is 2. The second-order valence-corrected chi connectivity index (χ2v) is 4.02. The van der Waals surface area contributed by atoms with Crippen molar-refractivity contribution in [3.05, 3.63) is 23.9 Å². The third-order valence-electron chi connectivity index (χ3n) is 2.85. The Labute approximate surface area is 104 Å². The highest BCUT2D eigenvalue weighted by atomic mass is 16.4. The molecule has 1 fully saturated rings. The first-order valence-corrected chi connectivity index (χ1v) is 5.55. The second kappa shape index (κ2) is 5.01. The Balaban J connectivity index is 2.30. The molecular formula is C11H14N4O3. The molecule has 18 heavy (non-hydrogen) atoms. The number of anilines is 1. The number of carboxylic acid groups (broad SMARTS) is 1. The van der Waals surface area contributed by atoms with Crippen molar-refractivity contribution in [2.24, 2.45) is 5.73 Å². The molecule has 1 amide bonds. The van der Waals surface area contributed by atoms with E-state index >= 15 is 0 Å². The summed E-state index contributed by atoms with van der Waals surface area (Å²) in [6.07, 6.45) is 1.45. The molecule has 1 aromatic heterocycles. The number of primary amides is 1. The molecule has 7 heteroatoms. The number of aromatic nitrogens is 1. The third-order valence-corrected chi connectivity index (χ3v) is 2.85. The van der Waals surface area contributed by atoms with Gasteiger partial charge in [0.15, 0.2) is 0 Å². The SMILES string of the molecule is NC(=O)c1ccnc(N2CCNCC2C(=O)O)c1. The molecule has 0 radical (unpaired) electrons. The quantitative estimate of drug-likeness (QED) is 0.637. The molecule has 1 aromatic rings. The summed E-state index contributed by atoms with van der Waals surface area (Å²) in [5.74, 6) is -1.02.